The Hall–Kier alpha value is -2.11. The van der Waals surface area contributed by atoms with E-state index < -0.39 is 0 Å². The van der Waals surface area contributed by atoms with E-state index in [1.54, 1.807) is 28.9 Å². The second-order valence-electron chi connectivity index (χ2n) is 4.11. The summed E-state index contributed by atoms with van der Waals surface area (Å²) in [4.78, 5) is 8.46. The van der Waals surface area contributed by atoms with Crippen LogP contribution in [0.1, 0.15) is 5.69 Å². The molecular formula is C13H11ClN4O. The highest BCUT2D eigenvalue weighted by atomic mass is 35.5. The minimum atomic E-state index is -0.136. The molecule has 5 nitrogen and oxygen atoms in total. The highest BCUT2D eigenvalue weighted by Crippen LogP contribution is 2.26. The summed E-state index contributed by atoms with van der Waals surface area (Å²) in [5, 5.41) is 10.2. The van der Waals surface area contributed by atoms with Crippen molar-refractivity contribution in [3.05, 3.63) is 47.4 Å². The van der Waals surface area contributed by atoms with Crippen molar-refractivity contribution in [3.63, 3.8) is 0 Å². The molecule has 3 aromatic rings. The number of nitrogens with two attached hydrogens (primary N) is 1. The maximum atomic E-state index is 9.56. The fraction of sp³-hybridized carbons (Fsp3) is 0.0769. The van der Waals surface area contributed by atoms with Gasteiger partial charge in [0, 0.05) is 10.6 Å². The summed E-state index contributed by atoms with van der Waals surface area (Å²) in [6, 6.07) is 7.30. The number of nitrogen functional groups attached to an aromatic ring is 1. The summed E-state index contributed by atoms with van der Waals surface area (Å²) in [5.41, 5.74) is 8.56. The molecule has 0 radical (unpaired) electrons. The largest absolute Gasteiger partial charge is 0.390 e. The van der Waals surface area contributed by atoms with Crippen molar-refractivity contribution < 1.29 is 5.11 Å². The maximum absolute atomic E-state index is 9.56. The Morgan fingerprint density at radius 1 is 1.26 bits per heavy atom. The molecule has 0 aliphatic heterocycles. The van der Waals surface area contributed by atoms with Crippen molar-refractivity contribution in [2.24, 2.45) is 0 Å². The third-order valence-electron chi connectivity index (χ3n) is 2.90. The van der Waals surface area contributed by atoms with Crippen molar-refractivity contribution in [2.45, 2.75) is 6.61 Å². The summed E-state index contributed by atoms with van der Waals surface area (Å²) in [7, 11) is 0. The maximum Gasteiger partial charge on any atom is 0.156 e. The van der Waals surface area contributed by atoms with Gasteiger partial charge in [0.2, 0.25) is 0 Å². The fourth-order valence-corrected chi connectivity index (χ4v) is 2.13. The van der Waals surface area contributed by atoms with E-state index in [-0.39, 0.29) is 6.61 Å². The summed E-state index contributed by atoms with van der Waals surface area (Å²) >= 11 is 5.87. The van der Waals surface area contributed by atoms with E-state index in [1.165, 1.54) is 0 Å². The smallest absolute Gasteiger partial charge is 0.156 e. The number of fused-ring (bicyclic) bond motifs is 1. The number of nitrogens with zero attached hydrogens (tertiary/aromatic N) is 3. The molecule has 2 aromatic heterocycles. The molecule has 0 aliphatic carbocycles. The van der Waals surface area contributed by atoms with Crippen LogP contribution < -0.4 is 5.73 Å². The number of hydrogen-bond acceptors (Lipinski definition) is 4. The molecule has 0 saturated heterocycles. The van der Waals surface area contributed by atoms with Crippen LogP contribution in [0.25, 0.3) is 16.9 Å². The van der Waals surface area contributed by atoms with Crippen LogP contribution in [0.5, 0.6) is 0 Å². The first-order chi connectivity index (χ1) is 9.19. The van der Waals surface area contributed by atoms with Gasteiger partial charge in [-0.2, -0.15) is 0 Å². The number of hydrogen-bond donors (Lipinski definition) is 2. The number of benzene rings is 1. The van der Waals surface area contributed by atoms with Crippen LogP contribution in [-0.2, 0) is 6.61 Å². The number of rotatable bonds is 2. The van der Waals surface area contributed by atoms with E-state index in [1.807, 2.05) is 12.1 Å². The van der Waals surface area contributed by atoms with E-state index in [4.69, 9.17) is 17.3 Å². The number of anilines is 1. The van der Waals surface area contributed by atoms with Crippen molar-refractivity contribution in [1.29, 1.82) is 0 Å². The van der Waals surface area contributed by atoms with Gasteiger partial charge >= 0.3 is 0 Å². The summed E-state index contributed by atoms with van der Waals surface area (Å²) in [6.45, 7) is -0.136. The number of imidazole rings is 1. The van der Waals surface area contributed by atoms with Gasteiger partial charge in [0.15, 0.2) is 5.65 Å². The number of halogens is 1. The Morgan fingerprint density at radius 2 is 2.00 bits per heavy atom. The highest BCUT2D eigenvalue weighted by molar-refractivity contribution is 6.30. The average molecular weight is 275 g/mol. The van der Waals surface area contributed by atoms with Gasteiger partial charge in [0.1, 0.15) is 5.82 Å². The lowest BCUT2D eigenvalue weighted by Crippen LogP contribution is -1.98. The Balaban J connectivity index is 2.25. The Kier molecular flexibility index (Phi) is 2.85. The van der Waals surface area contributed by atoms with Crippen LogP contribution in [0, 0.1) is 0 Å². The third-order valence-corrected chi connectivity index (χ3v) is 3.15. The van der Waals surface area contributed by atoms with Gasteiger partial charge < -0.3 is 10.8 Å². The minimum Gasteiger partial charge on any atom is -0.390 e. The van der Waals surface area contributed by atoms with Crippen molar-refractivity contribution >= 4 is 23.1 Å². The van der Waals surface area contributed by atoms with Crippen LogP contribution in [0.15, 0.2) is 36.7 Å². The molecule has 0 bridgehead atoms. The standard InChI is InChI=1S/C13H11ClN4O/c14-9-3-1-8(2-4-9)13-10(7-19)18-6-11(15)16-5-12(18)17-13/h1-6,19H,7,15H2. The van der Waals surface area contributed by atoms with Crippen LogP contribution in [-0.4, -0.2) is 19.5 Å². The summed E-state index contributed by atoms with van der Waals surface area (Å²) in [5.74, 6) is 0.377. The van der Waals surface area contributed by atoms with E-state index in [0.717, 1.165) is 5.56 Å². The lowest BCUT2D eigenvalue weighted by atomic mass is 10.1. The normalized spacial score (nSPS) is 11.1. The Morgan fingerprint density at radius 3 is 2.68 bits per heavy atom. The zero-order chi connectivity index (χ0) is 13.4. The van der Waals surface area contributed by atoms with Crippen molar-refractivity contribution in [1.82, 2.24) is 14.4 Å². The lowest BCUT2D eigenvalue weighted by molar-refractivity contribution is 0.276. The number of aromatic nitrogens is 3. The average Bonchev–Trinajstić information content (AvgIpc) is 2.77. The monoisotopic (exact) mass is 274 g/mol. The lowest BCUT2D eigenvalue weighted by Gasteiger charge is -2.02. The topological polar surface area (TPSA) is 76.4 Å². The molecule has 6 heteroatoms. The van der Waals surface area contributed by atoms with Crippen molar-refractivity contribution in [3.8, 4) is 11.3 Å². The van der Waals surface area contributed by atoms with Crippen LogP contribution in [0.4, 0.5) is 5.82 Å². The van der Waals surface area contributed by atoms with Crippen LogP contribution in [0.3, 0.4) is 0 Å². The number of aliphatic hydroxyl groups excluding tert-OH is 1. The molecule has 0 fully saturated rings. The zero-order valence-electron chi connectivity index (χ0n) is 9.92. The van der Waals surface area contributed by atoms with Gasteiger partial charge in [-0.3, -0.25) is 4.40 Å². The fourth-order valence-electron chi connectivity index (χ4n) is 2.01. The molecule has 0 unspecified atom stereocenters. The third kappa shape index (κ3) is 2.03. The summed E-state index contributed by atoms with van der Waals surface area (Å²) < 4.78 is 1.74. The highest BCUT2D eigenvalue weighted by Gasteiger charge is 2.13. The predicted octanol–water partition coefficient (Wildman–Crippen LogP) is 2.12. The van der Waals surface area contributed by atoms with Gasteiger partial charge in [-0.15, -0.1) is 0 Å². The predicted molar refractivity (Wildman–Crippen MR) is 73.8 cm³/mol. The summed E-state index contributed by atoms with van der Waals surface area (Å²) in [6.07, 6.45) is 3.22. The SMILES string of the molecule is Nc1cn2c(CO)c(-c3ccc(Cl)cc3)nc2cn1. The molecule has 0 spiro atoms. The quantitative estimate of drug-likeness (QED) is 0.750. The second kappa shape index (κ2) is 4.53. The van der Waals surface area contributed by atoms with Gasteiger partial charge in [0.05, 0.1) is 30.4 Å². The second-order valence-corrected chi connectivity index (χ2v) is 4.55. The molecule has 2 heterocycles. The van der Waals surface area contributed by atoms with E-state index in [0.29, 0.717) is 27.9 Å². The first-order valence-corrected chi connectivity index (χ1v) is 6.06. The first-order valence-electron chi connectivity index (χ1n) is 5.68. The molecule has 0 atom stereocenters. The molecule has 1 aromatic carbocycles. The van der Waals surface area contributed by atoms with Gasteiger partial charge in [-0.05, 0) is 12.1 Å². The van der Waals surface area contributed by atoms with E-state index >= 15 is 0 Å². The molecule has 3 rings (SSSR count). The Labute approximate surface area is 114 Å². The minimum absolute atomic E-state index is 0.136. The van der Waals surface area contributed by atoms with Gasteiger partial charge in [-0.25, -0.2) is 9.97 Å². The Bertz CT molecular complexity index is 736. The molecule has 19 heavy (non-hydrogen) atoms. The van der Waals surface area contributed by atoms with E-state index in [2.05, 4.69) is 9.97 Å². The first kappa shape index (κ1) is 12.0. The number of aliphatic hydroxyl groups is 1. The zero-order valence-corrected chi connectivity index (χ0v) is 10.7. The van der Waals surface area contributed by atoms with Gasteiger partial charge in [0.25, 0.3) is 0 Å². The molecule has 0 aliphatic rings. The van der Waals surface area contributed by atoms with Crippen LogP contribution >= 0.6 is 11.6 Å². The van der Waals surface area contributed by atoms with Crippen LogP contribution in [0.2, 0.25) is 5.02 Å². The van der Waals surface area contributed by atoms with E-state index in [9.17, 15) is 5.11 Å². The molecule has 96 valence electrons. The van der Waals surface area contributed by atoms with Gasteiger partial charge in [-0.1, -0.05) is 23.7 Å². The molecule has 3 N–H and O–H groups in total. The molecular weight excluding hydrogens is 264 g/mol. The van der Waals surface area contributed by atoms with Crippen molar-refractivity contribution in [2.75, 3.05) is 5.73 Å². The molecule has 0 saturated carbocycles. The molecule has 0 amide bonds.